The summed E-state index contributed by atoms with van der Waals surface area (Å²) in [4.78, 5) is -2.50. The average molecular weight is 883 g/mol. The quantitative estimate of drug-likeness (QED) is 0.103. The molecule has 21 heteroatoms. The van der Waals surface area contributed by atoms with Crippen LogP contribution in [0.2, 0.25) is 0 Å². The van der Waals surface area contributed by atoms with E-state index in [1.165, 1.54) is 12.1 Å². The topological polar surface area (TPSA) is 262 Å². The van der Waals surface area contributed by atoms with Crippen LogP contribution in [0, 0.1) is 0 Å². The molecule has 1 aliphatic rings. The van der Waals surface area contributed by atoms with Crippen molar-refractivity contribution in [2.45, 2.75) is 52.2 Å². The molecule has 0 unspecified atom stereocenters. The normalized spacial score (nSPS) is 14.5. The molecule has 6 aromatic rings. The monoisotopic (exact) mass is 882 g/mol. The van der Waals surface area contributed by atoms with Gasteiger partial charge in [-0.3, -0.25) is 0 Å². The Labute approximate surface area is 406 Å². The van der Waals surface area contributed by atoms with E-state index < -0.39 is 67.3 Å². The van der Waals surface area contributed by atoms with Crippen LogP contribution >= 0.6 is 0 Å². The fourth-order valence-electron chi connectivity index (χ4n) is 7.22. The standard InChI is InChI=1S/C38H32N4O11S3.3Na/c43-32-17-8-23-20-28(54(45,46)47)21-34(56(51,52)53)35(23)36(32)42-40-27-15-11-25(12-16-27)38(18-4-1-5-19-38)24-9-13-26(14-10-24)39-41-31-22-33(55(48,49)50)29-6-2-3-7-30(29)37(31)44;;;/h2-3,6-17,20-22,43-44H,1,4-5,18-19H2,(H,45,46,47)(H,48,49,50)(H,51,52,53);;;/q;3*+1/p-3. The Bertz CT molecular complexity index is 2950. The summed E-state index contributed by atoms with van der Waals surface area (Å²) in [5.41, 5.74) is 1.68. The zero-order valence-corrected chi connectivity index (χ0v) is 40.4. The number of rotatable bonds is 9. The summed E-state index contributed by atoms with van der Waals surface area (Å²) in [6.07, 6.45) is 4.60. The Morgan fingerprint density at radius 3 is 1.59 bits per heavy atom. The molecule has 7 rings (SSSR count). The predicted octanol–water partition coefficient (Wildman–Crippen LogP) is -0.790. The molecule has 0 aromatic heterocycles. The zero-order chi connectivity index (χ0) is 40.0. The van der Waals surface area contributed by atoms with Crippen molar-refractivity contribution in [2.24, 2.45) is 20.5 Å². The van der Waals surface area contributed by atoms with E-state index in [2.05, 4.69) is 20.5 Å². The first kappa shape index (κ1) is 49.0. The Kier molecular flexibility index (Phi) is 15.9. The summed E-state index contributed by atoms with van der Waals surface area (Å²) in [5.74, 6) is -0.863. The Morgan fingerprint density at radius 1 is 0.542 bits per heavy atom. The van der Waals surface area contributed by atoms with Crippen molar-refractivity contribution in [3.8, 4) is 11.5 Å². The van der Waals surface area contributed by atoms with Gasteiger partial charge in [-0.2, -0.15) is 10.2 Å². The van der Waals surface area contributed by atoms with Gasteiger partial charge in [-0.25, -0.2) is 25.3 Å². The second-order valence-electron chi connectivity index (χ2n) is 13.2. The number of hydrogen-bond donors (Lipinski definition) is 2. The number of fused-ring (bicyclic) bond motifs is 2. The van der Waals surface area contributed by atoms with E-state index in [0.29, 0.717) is 17.4 Å². The smallest absolute Gasteiger partial charge is 0.744 e. The van der Waals surface area contributed by atoms with Gasteiger partial charge in [0.2, 0.25) is 0 Å². The van der Waals surface area contributed by atoms with Gasteiger partial charge in [0.1, 0.15) is 47.5 Å². The maximum atomic E-state index is 12.1. The van der Waals surface area contributed by atoms with Crippen LogP contribution in [-0.2, 0) is 35.8 Å². The van der Waals surface area contributed by atoms with E-state index in [-0.39, 0.29) is 116 Å². The molecule has 1 fully saturated rings. The van der Waals surface area contributed by atoms with Crippen molar-refractivity contribution in [1.82, 2.24) is 0 Å². The molecule has 288 valence electrons. The molecule has 15 nitrogen and oxygen atoms in total. The minimum absolute atomic E-state index is 0. The first-order valence-electron chi connectivity index (χ1n) is 16.9. The van der Waals surface area contributed by atoms with Crippen LogP contribution in [0.1, 0.15) is 43.2 Å². The summed E-state index contributed by atoms with van der Waals surface area (Å²) in [5, 5.41) is 37.5. The molecular weight excluding hydrogens is 854 g/mol. The van der Waals surface area contributed by atoms with Crippen molar-refractivity contribution in [2.75, 3.05) is 0 Å². The van der Waals surface area contributed by atoms with Crippen molar-refractivity contribution in [1.29, 1.82) is 0 Å². The molecule has 0 radical (unpaired) electrons. The maximum absolute atomic E-state index is 12.1. The number of aromatic hydroxyl groups is 2. The molecule has 0 atom stereocenters. The maximum Gasteiger partial charge on any atom is 1.00 e. The molecule has 0 saturated heterocycles. The Balaban J connectivity index is 0.00000256. The van der Waals surface area contributed by atoms with Crippen LogP contribution in [0.3, 0.4) is 0 Å². The molecule has 0 aliphatic heterocycles. The minimum atomic E-state index is -5.34. The Hall–Kier alpha value is -2.63. The molecule has 0 spiro atoms. The van der Waals surface area contributed by atoms with Crippen LogP contribution in [0.5, 0.6) is 11.5 Å². The van der Waals surface area contributed by atoms with Crippen molar-refractivity contribution < 1.29 is 138 Å². The number of azo groups is 2. The van der Waals surface area contributed by atoms with Crippen LogP contribution in [0.25, 0.3) is 21.5 Å². The van der Waals surface area contributed by atoms with E-state index >= 15 is 0 Å². The second-order valence-corrected chi connectivity index (χ2v) is 17.3. The second kappa shape index (κ2) is 19.2. The number of phenolic OH excluding ortho intramolecular Hbond substituents is 2. The summed E-state index contributed by atoms with van der Waals surface area (Å²) in [6, 6.07) is 25.0. The van der Waals surface area contributed by atoms with Gasteiger partial charge in [-0.1, -0.05) is 73.9 Å². The van der Waals surface area contributed by atoms with Gasteiger partial charge in [0, 0.05) is 21.6 Å². The summed E-state index contributed by atoms with van der Waals surface area (Å²) in [7, 11) is -15.4. The Morgan fingerprint density at radius 2 is 1.07 bits per heavy atom. The number of benzene rings is 6. The van der Waals surface area contributed by atoms with Crippen LogP contribution in [-0.4, -0.2) is 49.1 Å². The number of nitrogens with zero attached hydrogens (tertiary/aromatic N) is 4. The minimum Gasteiger partial charge on any atom is -0.744 e. The fraction of sp³-hybridized carbons (Fsp3) is 0.158. The summed E-state index contributed by atoms with van der Waals surface area (Å²) < 4.78 is 107. The van der Waals surface area contributed by atoms with Gasteiger partial charge in [-0.15, -0.1) is 10.2 Å². The van der Waals surface area contributed by atoms with E-state index in [1.54, 1.807) is 36.4 Å². The third kappa shape index (κ3) is 10.4. The third-order valence-corrected chi connectivity index (χ3v) is 12.4. The van der Waals surface area contributed by atoms with Gasteiger partial charge in [0.05, 0.1) is 26.1 Å². The molecule has 6 aromatic carbocycles. The molecule has 59 heavy (non-hydrogen) atoms. The van der Waals surface area contributed by atoms with Gasteiger partial charge < -0.3 is 23.9 Å². The molecule has 1 saturated carbocycles. The van der Waals surface area contributed by atoms with Crippen molar-refractivity contribution in [3.05, 3.63) is 114 Å². The molecule has 2 N–H and O–H groups in total. The van der Waals surface area contributed by atoms with Crippen LogP contribution in [0.15, 0.2) is 138 Å². The van der Waals surface area contributed by atoms with E-state index in [0.717, 1.165) is 67.5 Å². The third-order valence-electron chi connectivity index (χ3n) is 9.88. The van der Waals surface area contributed by atoms with Gasteiger partial charge in [0.15, 0.2) is 5.75 Å². The summed E-state index contributed by atoms with van der Waals surface area (Å²) in [6.45, 7) is 0. The van der Waals surface area contributed by atoms with Crippen molar-refractivity contribution in [3.63, 3.8) is 0 Å². The molecule has 1 aliphatic carbocycles. The van der Waals surface area contributed by atoms with Gasteiger partial charge in [-0.05, 0) is 77.9 Å². The summed E-state index contributed by atoms with van der Waals surface area (Å²) >= 11 is 0. The SMILES string of the molecule is O=S(=O)([O-])c1cc(S(=O)(=O)[O-])c2c(N=Nc3ccc(C4(c5ccc(N=Nc6cc(S(=O)(=O)[O-])c7ccccc7c6O)cc5)CCCCC4)cc3)c(O)ccc2c1.[Na+].[Na+].[Na+]. The molecular formula is C38H29N4Na3O11S3. The van der Waals surface area contributed by atoms with Crippen LogP contribution < -0.4 is 88.7 Å². The van der Waals surface area contributed by atoms with E-state index in [1.807, 2.05) is 24.3 Å². The van der Waals surface area contributed by atoms with Crippen molar-refractivity contribution >= 4 is 74.6 Å². The average Bonchev–Trinajstić information content (AvgIpc) is 3.16. The molecule has 0 bridgehead atoms. The number of hydrogen-bond acceptors (Lipinski definition) is 15. The van der Waals surface area contributed by atoms with Gasteiger partial charge >= 0.3 is 88.7 Å². The van der Waals surface area contributed by atoms with E-state index in [4.69, 9.17) is 0 Å². The van der Waals surface area contributed by atoms with Crippen LogP contribution in [0.4, 0.5) is 22.7 Å². The first-order valence-corrected chi connectivity index (χ1v) is 21.1. The largest absolute Gasteiger partial charge is 1.00 e. The fourth-order valence-corrected chi connectivity index (χ4v) is 9.27. The zero-order valence-electron chi connectivity index (χ0n) is 31.9. The van der Waals surface area contributed by atoms with Gasteiger partial charge in [0.25, 0.3) is 0 Å². The van der Waals surface area contributed by atoms with E-state index in [9.17, 15) is 49.1 Å². The first-order chi connectivity index (χ1) is 26.5. The number of phenols is 2. The molecule has 0 heterocycles. The predicted molar refractivity (Wildman–Crippen MR) is 200 cm³/mol. The molecule has 0 amide bonds.